The summed E-state index contributed by atoms with van der Waals surface area (Å²) in [6.45, 7) is 4.61. The molecule has 1 aromatic heterocycles. The molecule has 0 aliphatic carbocycles. The average Bonchev–Trinajstić information content (AvgIpc) is 3.11. The molecule has 0 bridgehead atoms. The molecular weight excluding hydrogens is 462 g/mol. The summed E-state index contributed by atoms with van der Waals surface area (Å²) in [5.41, 5.74) is 3.77. The Hall–Kier alpha value is -3.02. The highest BCUT2D eigenvalue weighted by Crippen LogP contribution is 2.34. The molecule has 0 saturated carbocycles. The van der Waals surface area contributed by atoms with E-state index in [1.165, 1.54) is 4.68 Å². The second-order valence-electron chi connectivity index (χ2n) is 7.47. The molecule has 4 nitrogen and oxygen atoms in total. The maximum atomic E-state index is 15.1. The Morgan fingerprint density at radius 3 is 2.45 bits per heavy atom. The number of halogens is 3. The predicted octanol–water partition coefficient (Wildman–Crippen LogP) is 7.45. The third-order valence-electron chi connectivity index (χ3n) is 5.10. The lowest BCUT2D eigenvalue weighted by Crippen LogP contribution is -2.12. The van der Waals surface area contributed by atoms with Crippen LogP contribution in [-0.4, -0.2) is 23.0 Å². The summed E-state index contributed by atoms with van der Waals surface area (Å²) in [5, 5.41) is 5.56. The third kappa shape index (κ3) is 5.15. The van der Waals surface area contributed by atoms with Crippen LogP contribution in [-0.2, 0) is 6.54 Å². The van der Waals surface area contributed by atoms with E-state index in [4.69, 9.17) is 32.7 Å². The number of hydrogen-bond acceptors (Lipinski definition) is 3. The number of aromatic nitrogens is 2. The zero-order valence-corrected chi connectivity index (χ0v) is 19.8. The van der Waals surface area contributed by atoms with Crippen LogP contribution in [0.3, 0.4) is 0 Å². The van der Waals surface area contributed by atoms with Crippen LogP contribution in [0.2, 0.25) is 10.0 Å². The predicted molar refractivity (Wildman–Crippen MR) is 131 cm³/mol. The van der Waals surface area contributed by atoms with Gasteiger partial charge in [0.25, 0.3) is 0 Å². The highest BCUT2D eigenvalue weighted by molar-refractivity contribution is 6.34. The summed E-state index contributed by atoms with van der Waals surface area (Å²) < 4.78 is 28.0. The van der Waals surface area contributed by atoms with Crippen molar-refractivity contribution < 1.29 is 13.9 Å². The van der Waals surface area contributed by atoms with Gasteiger partial charge in [-0.1, -0.05) is 71.2 Å². The van der Waals surface area contributed by atoms with E-state index in [9.17, 15) is 0 Å². The minimum absolute atomic E-state index is 0.0952. The van der Waals surface area contributed by atoms with Crippen LogP contribution in [0.25, 0.3) is 22.4 Å². The number of nitrogens with zero attached hydrogens (tertiary/aromatic N) is 2. The fourth-order valence-electron chi connectivity index (χ4n) is 3.55. The highest BCUT2D eigenvalue weighted by atomic mass is 35.5. The Balaban J connectivity index is 1.50. The number of rotatable bonds is 8. The second kappa shape index (κ2) is 10.3. The van der Waals surface area contributed by atoms with E-state index in [1.807, 2.05) is 67.6 Å². The van der Waals surface area contributed by atoms with Crippen molar-refractivity contribution in [1.82, 2.24) is 9.78 Å². The van der Waals surface area contributed by atoms with E-state index in [0.29, 0.717) is 34.5 Å². The van der Waals surface area contributed by atoms with Crippen molar-refractivity contribution in [3.8, 4) is 34.0 Å². The molecule has 0 fully saturated rings. The molecule has 0 N–H and O–H groups in total. The van der Waals surface area contributed by atoms with Crippen molar-refractivity contribution in [1.29, 1.82) is 0 Å². The smallest absolute Gasteiger partial charge is 0.249 e. The largest absolute Gasteiger partial charge is 0.490 e. The molecule has 7 heteroatoms. The minimum Gasteiger partial charge on any atom is -0.490 e. The molecule has 0 unspecified atom stereocenters. The van der Waals surface area contributed by atoms with E-state index >= 15 is 4.39 Å². The van der Waals surface area contributed by atoms with Crippen molar-refractivity contribution in [2.45, 2.75) is 20.4 Å². The van der Waals surface area contributed by atoms with Crippen LogP contribution in [0.15, 0.2) is 66.7 Å². The van der Waals surface area contributed by atoms with Gasteiger partial charge in [0.05, 0.1) is 18.2 Å². The van der Waals surface area contributed by atoms with Gasteiger partial charge in [-0.2, -0.15) is 9.49 Å². The van der Waals surface area contributed by atoms with Crippen LogP contribution in [0.4, 0.5) is 4.39 Å². The molecule has 0 atom stereocenters. The van der Waals surface area contributed by atoms with Crippen LogP contribution in [0, 0.1) is 12.7 Å². The minimum atomic E-state index is -0.482. The Bertz CT molecular complexity index is 1270. The second-order valence-corrected chi connectivity index (χ2v) is 8.28. The van der Waals surface area contributed by atoms with E-state index in [1.54, 1.807) is 13.0 Å². The molecule has 0 aliphatic heterocycles. The average molecular weight is 485 g/mol. The normalized spacial score (nSPS) is 10.9. The van der Waals surface area contributed by atoms with Crippen molar-refractivity contribution >= 4 is 23.2 Å². The quantitative estimate of drug-likeness (QED) is 0.260. The summed E-state index contributed by atoms with van der Waals surface area (Å²) in [5.74, 6) is 0.138. The van der Waals surface area contributed by atoms with Gasteiger partial charge in [0.2, 0.25) is 11.7 Å². The Morgan fingerprint density at radius 1 is 0.909 bits per heavy atom. The van der Waals surface area contributed by atoms with Gasteiger partial charge in [0.15, 0.2) is 0 Å². The zero-order valence-electron chi connectivity index (χ0n) is 18.3. The van der Waals surface area contributed by atoms with Gasteiger partial charge in [0.1, 0.15) is 18.1 Å². The molecule has 1 heterocycles. The van der Waals surface area contributed by atoms with Gasteiger partial charge in [-0.25, -0.2) is 4.68 Å². The van der Waals surface area contributed by atoms with Crippen molar-refractivity contribution in [2.24, 2.45) is 0 Å². The fourth-order valence-corrected chi connectivity index (χ4v) is 4.03. The monoisotopic (exact) mass is 484 g/mol. The van der Waals surface area contributed by atoms with Gasteiger partial charge in [-0.3, -0.25) is 0 Å². The molecule has 0 amide bonds. The van der Waals surface area contributed by atoms with Crippen LogP contribution < -0.4 is 9.47 Å². The summed E-state index contributed by atoms with van der Waals surface area (Å²) >= 11 is 12.7. The maximum absolute atomic E-state index is 15.1. The van der Waals surface area contributed by atoms with Gasteiger partial charge in [-0.15, -0.1) is 0 Å². The standard InChI is InChI=1S/C26H23Cl2FN2O2/c1-3-32-26-24(29)25(19-8-6-7-17(2)15-19)30-31(26)13-14-33-23-12-11-18(16-22(23)28)20-9-4-5-10-21(20)27/h4-12,15-16H,3,13-14H2,1-2H3. The van der Waals surface area contributed by atoms with Crippen LogP contribution in [0.1, 0.15) is 12.5 Å². The molecule has 4 aromatic rings. The molecule has 33 heavy (non-hydrogen) atoms. The lowest BCUT2D eigenvalue weighted by atomic mass is 10.1. The van der Waals surface area contributed by atoms with Gasteiger partial charge in [-0.05, 0) is 43.7 Å². The highest BCUT2D eigenvalue weighted by Gasteiger charge is 2.21. The first kappa shape index (κ1) is 23.1. The Morgan fingerprint density at radius 2 is 1.73 bits per heavy atom. The van der Waals surface area contributed by atoms with Crippen molar-refractivity contribution in [3.05, 3.63) is 88.2 Å². The van der Waals surface area contributed by atoms with Gasteiger partial charge < -0.3 is 9.47 Å². The SMILES string of the molecule is CCOc1c(F)c(-c2cccc(C)c2)nn1CCOc1ccc(-c2ccccc2Cl)cc1Cl. The van der Waals surface area contributed by atoms with Gasteiger partial charge in [0, 0.05) is 16.1 Å². The van der Waals surface area contributed by atoms with Crippen LogP contribution >= 0.6 is 23.2 Å². The molecule has 4 rings (SSSR count). The molecule has 0 spiro atoms. The lowest BCUT2D eigenvalue weighted by molar-refractivity contribution is 0.253. The third-order valence-corrected chi connectivity index (χ3v) is 5.73. The number of ether oxygens (including phenoxy) is 2. The molecule has 0 radical (unpaired) electrons. The zero-order chi connectivity index (χ0) is 23.4. The Kier molecular flexibility index (Phi) is 7.21. The van der Waals surface area contributed by atoms with Gasteiger partial charge >= 0.3 is 0 Å². The maximum Gasteiger partial charge on any atom is 0.249 e. The molecule has 3 aromatic carbocycles. The first-order valence-electron chi connectivity index (χ1n) is 10.6. The molecular formula is C26H23Cl2FN2O2. The first-order chi connectivity index (χ1) is 16.0. The van der Waals surface area contributed by atoms with Crippen molar-refractivity contribution in [2.75, 3.05) is 13.2 Å². The fraction of sp³-hybridized carbons (Fsp3) is 0.192. The van der Waals surface area contributed by atoms with Crippen molar-refractivity contribution in [3.63, 3.8) is 0 Å². The number of benzene rings is 3. The van der Waals surface area contributed by atoms with E-state index in [0.717, 1.165) is 16.7 Å². The summed E-state index contributed by atoms with van der Waals surface area (Å²) in [6, 6.07) is 20.6. The molecule has 0 saturated heterocycles. The summed E-state index contributed by atoms with van der Waals surface area (Å²) in [4.78, 5) is 0. The van der Waals surface area contributed by atoms with Crippen LogP contribution in [0.5, 0.6) is 11.6 Å². The first-order valence-corrected chi connectivity index (χ1v) is 11.4. The molecule has 170 valence electrons. The molecule has 0 aliphatic rings. The van der Waals surface area contributed by atoms with E-state index in [2.05, 4.69) is 5.10 Å². The number of hydrogen-bond donors (Lipinski definition) is 0. The summed E-state index contributed by atoms with van der Waals surface area (Å²) in [6.07, 6.45) is 0. The summed E-state index contributed by atoms with van der Waals surface area (Å²) in [7, 11) is 0. The topological polar surface area (TPSA) is 36.3 Å². The Labute approximate surface area is 202 Å². The lowest BCUT2D eigenvalue weighted by Gasteiger charge is -2.12. The number of aryl methyl sites for hydroxylation is 1. The van der Waals surface area contributed by atoms with E-state index in [-0.39, 0.29) is 18.2 Å². The van der Waals surface area contributed by atoms with E-state index < -0.39 is 5.82 Å².